The Morgan fingerprint density at radius 2 is 1.66 bits per heavy atom. The van der Waals surface area contributed by atoms with Crippen molar-refractivity contribution >= 4 is 29.1 Å². The zero-order chi connectivity index (χ0) is 27.4. The van der Waals surface area contributed by atoms with Crippen LogP contribution in [0, 0.1) is 13.8 Å². The number of anilines is 1. The van der Waals surface area contributed by atoms with Crippen molar-refractivity contribution in [2.75, 3.05) is 18.1 Å². The topological polar surface area (TPSA) is 93.1 Å². The first-order chi connectivity index (χ1) is 18.3. The van der Waals surface area contributed by atoms with Gasteiger partial charge in [0.2, 0.25) is 0 Å². The fraction of sp³-hybridized carbons (Fsp3) is 0.258. The Bertz CT molecular complexity index is 1410. The Hall–Kier alpha value is -4.39. The van der Waals surface area contributed by atoms with Crippen LogP contribution in [0.4, 0.5) is 5.69 Å². The molecule has 1 aliphatic heterocycles. The van der Waals surface area contributed by atoms with E-state index in [4.69, 9.17) is 9.47 Å². The second-order valence-corrected chi connectivity index (χ2v) is 9.18. The van der Waals surface area contributed by atoms with Gasteiger partial charge in [0.15, 0.2) is 0 Å². The highest BCUT2D eigenvalue weighted by molar-refractivity contribution is 6.51. The zero-order valence-corrected chi connectivity index (χ0v) is 22.0. The van der Waals surface area contributed by atoms with Crippen LogP contribution in [0.15, 0.2) is 72.3 Å². The molecule has 0 aliphatic carbocycles. The van der Waals surface area contributed by atoms with Crippen molar-refractivity contribution < 1.29 is 29.0 Å². The van der Waals surface area contributed by atoms with E-state index in [2.05, 4.69) is 0 Å². The minimum Gasteiger partial charge on any atom is -0.507 e. The highest BCUT2D eigenvalue weighted by Gasteiger charge is 2.47. The fourth-order valence-corrected chi connectivity index (χ4v) is 4.55. The molecule has 4 rings (SSSR count). The number of aliphatic hydroxyl groups is 1. The van der Waals surface area contributed by atoms with Crippen molar-refractivity contribution in [3.05, 3.63) is 100 Å². The van der Waals surface area contributed by atoms with Crippen LogP contribution in [0.1, 0.15) is 58.9 Å². The molecule has 3 aromatic rings. The number of benzene rings is 3. The van der Waals surface area contributed by atoms with E-state index in [1.807, 2.05) is 45.0 Å². The van der Waals surface area contributed by atoms with Crippen LogP contribution in [0.2, 0.25) is 0 Å². The predicted molar refractivity (Wildman–Crippen MR) is 145 cm³/mol. The monoisotopic (exact) mass is 513 g/mol. The normalized spacial score (nSPS) is 16.5. The minimum absolute atomic E-state index is 0.00306. The van der Waals surface area contributed by atoms with Crippen LogP contribution in [-0.4, -0.2) is 36.0 Å². The van der Waals surface area contributed by atoms with Crippen LogP contribution >= 0.6 is 0 Å². The van der Waals surface area contributed by atoms with E-state index in [0.717, 1.165) is 17.5 Å². The van der Waals surface area contributed by atoms with Gasteiger partial charge in [-0.25, -0.2) is 4.79 Å². The van der Waals surface area contributed by atoms with Crippen molar-refractivity contribution in [2.24, 2.45) is 0 Å². The Balaban J connectivity index is 1.83. The van der Waals surface area contributed by atoms with Gasteiger partial charge >= 0.3 is 5.97 Å². The van der Waals surface area contributed by atoms with Crippen LogP contribution in [-0.2, 0) is 14.3 Å². The van der Waals surface area contributed by atoms with Crippen LogP contribution in [0.3, 0.4) is 0 Å². The van der Waals surface area contributed by atoms with Gasteiger partial charge in [0.1, 0.15) is 11.5 Å². The third-order valence-electron chi connectivity index (χ3n) is 6.37. The molecule has 38 heavy (non-hydrogen) atoms. The van der Waals surface area contributed by atoms with E-state index >= 15 is 0 Å². The molecule has 1 N–H and O–H groups in total. The van der Waals surface area contributed by atoms with Gasteiger partial charge in [-0.3, -0.25) is 14.5 Å². The quantitative estimate of drug-likeness (QED) is 0.175. The van der Waals surface area contributed by atoms with E-state index in [1.165, 1.54) is 4.90 Å². The summed E-state index contributed by atoms with van der Waals surface area (Å²) in [6.45, 7) is 8.34. The molecule has 1 atom stereocenters. The number of rotatable bonds is 8. The molecule has 7 heteroatoms. The van der Waals surface area contributed by atoms with E-state index in [9.17, 15) is 19.5 Å². The van der Waals surface area contributed by atoms with Crippen molar-refractivity contribution in [1.82, 2.24) is 0 Å². The summed E-state index contributed by atoms with van der Waals surface area (Å²) in [5, 5.41) is 11.4. The number of ether oxygens (including phenoxy) is 2. The van der Waals surface area contributed by atoms with Gasteiger partial charge in [-0.05, 0) is 80.8 Å². The van der Waals surface area contributed by atoms with Gasteiger partial charge in [0.25, 0.3) is 11.7 Å². The molecule has 1 aliphatic rings. The number of ketones is 1. The van der Waals surface area contributed by atoms with Gasteiger partial charge < -0.3 is 14.6 Å². The summed E-state index contributed by atoms with van der Waals surface area (Å²) in [5.41, 5.74) is 3.60. The van der Waals surface area contributed by atoms with Crippen molar-refractivity contribution in [3.63, 3.8) is 0 Å². The molecule has 196 valence electrons. The van der Waals surface area contributed by atoms with Crippen LogP contribution in [0.5, 0.6) is 5.75 Å². The summed E-state index contributed by atoms with van der Waals surface area (Å²) in [7, 11) is 0. The van der Waals surface area contributed by atoms with Gasteiger partial charge in [-0.15, -0.1) is 0 Å². The molecule has 0 saturated carbocycles. The van der Waals surface area contributed by atoms with Gasteiger partial charge in [-0.1, -0.05) is 36.8 Å². The Morgan fingerprint density at radius 3 is 2.29 bits per heavy atom. The molecular formula is C31H31NO6. The van der Waals surface area contributed by atoms with Crippen molar-refractivity contribution in [1.29, 1.82) is 0 Å². The smallest absolute Gasteiger partial charge is 0.338 e. The summed E-state index contributed by atoms with van der Waals surface area (Å²) >= 11 is 0. The number of Topliss-reactive ketones (excluding diaryl/α,β-unsaturated/α-hetero) is 1. The number of aliphatic hydroxyl groups excluding tert-OH is 1. The number of carbonyl (C=O) groups is 3. The molecule has 0 bridgehead atoms. The van der Waals surface area contributed by atoms with Crippen molar-refractivity contribution in [3.8, 4) is 5.75 Å². The van der Waals surface area contributed by atoms with E-state index < -0.39 is 23.7 Å². The zero-order valence-electron chi connectivity index (χ0n) is 22.0. The molecular weight excluding hydrogens is 482 g/mol. The second-order valence-electron chi connectivity index (χ2n) is 9.18. The summed E-state index contributed by atoms with van der Waals surface area (Å²) in [4.78, 5) is 40.3. The number of aryl methyl sites for hydroxylation is 2. The number of esters is 1. The first-order valence-corrected chi connectivity index (χ1v) is 12.6. The lowest BCUT2D eigenvalue weighted by atomic mass is 9.93. The van der Waals surface area contributed by atoms with Gasteiger partial charge in [0, 0.05) is 11.3 Å². The largest absolute Gasteiger partial charge is 0.507 e. The van der Waals surface area contributed by atoms with Crippen LogP contribution < -0.4 is 9.64 Å². The molecule has 1 heterocycles. The first-order valence-electron chi connectivity index (χ1n) is 12.6. The maximum absolute atomic E-state index is 13.4. The maximum atomic E-state index is 13.4. The number of nitrogens with zero attached hydrogens (tertiary/aromatic N) is 1. The SMILES string of the molecule is CCCOc1ccc(/C(O)=C2/C(=O)C(=O)N(c3ccc(C(=O)OCC)cc3)C2c2cccc(C)c2)cc1C. The molecule has 3 aromatic carbocycles. The fourth-order valence-electron chi connectivity index (χ4n) is 4.55. The second kappa shape index (κ2) is 11.3. The molecule has 1 amide bonds. The molecule has 1 unspecified atom stereocenters. The first kappa shape index (κ1) is 26.7. The van der Waals surface area contributed by atoms with E-state index in [-0.39, 0.29) is 17.9 Å². The molecule has 0 spiro atoms. The average molecular weight is 514 g/mol. The van der Waals surface area contributed by atoms with E-state index in [1.54, 1.807) is 49.4 Å². The minimum atomic E-state index is -0.861. The van der Waals surface area contributed by atoms with Gasteiger partial charge in [-0.2, -0.15) is 0 Å². The van der Waals surface area contributed by atoms with E-state index in [0.29, 0.717) is 34.7 Å². The Morgan fingerprint density at radius 1 is 0.947 bits per heavy atom. The summed E-state index contributed by atoms with van der Waals surface area (Å²) in [5.74, 6) is -1.58. The number of hydrogen-bond acceptors (Lipinski definition) is 6. The standard InChI is InChI=1S/C31H31NO6/c1-5-16-38-25-15-12-23(18-20(25)4)28(33)26-27(22-9-7-8-19(3)17-22)32(30(35)29(26)34)24-13-10-21(11-14-24)31(36)37-6-2/h7-15,17-18,27,33H,5-6,16H2,1-4H3/b28-26-. The Kier molecular flexibility index (Phi) is 7.96. The Labute approximate surface area is 222 Å². The molecule has 0 aromatic heterocycles. The third kappa shape index (κ3) is 5.18. The third-order valence-corrected chi connectivity index (χ3v) is 6.37. The summed E-state index contributed by atoms with van der Waals surface area (Å²) in [6, 6.07) is 18.1. The number of hydrogen-bond donors (Lipinski definition) is 1. The molecule has 0 radical (unpaired) electrons. The molecule has 7 nitrogen and oxygen atoms in total. The summed E-state index contributed by atoms with van der Waals surface area (Å²) in [6.07, 6.45) is 0.863. The maximum Gasteiger partial charge on any atom is 0.338 e. The van der Waals surface area contributed by atoms with Crippen LogP contribution in [0.25, 0.3) is 5.76 Å². The lowest BCUT2D eigenvalue weighted by Gasteiger charge is -2.26. The highest BCUT2D eigenvalue weighted by atomic mass is 16.5. The van der Waals surface area contributed by atoms with Gasteiger partial charge in [0.05, 0.1) is 30.4 Å². The predicted octanol–water partition coefficient (Wildman–Crippen LogP) is 5.90. The lowest BCUT2D eigenvalue weighted by Crippen LogP contribution is -2.29. The average Bonchev–Trinajstić information content (AvgIpc) is 3.18. The molecule has 1 fully saturated rings. The molecule has 1 saturated heterocycles. The summed E-state index contributed by atoms with van der Waals surface area (Å²) < 4.78 is 10.8. The number of amides is 1. The lowest BCUT2D eigenvalue weighted by molar-refractivity contribution is -0.132. The number of carbonyl (C=O) groups excluding carboxylic acids is 3. The van der Waals surface area contributed by atoms with Crippen molar-refractivity contribution in [2.45, 2.75) is 40.2 Å². The highest BCUT2D eigenvalue weighted by Crippen LogP contribution is 2.42.